The van der Waals surface area contributed by atoms with E-state index in [-0.39, 0.29) is 12.1 Å². The molecule has 2 aromatic carbocycles. The van der Waals surface area contributed by atoms with E-state index in [4.69, 9.17) is 0 Å². The normalized spacial score (nSPS) is 24.2. The van der Waals surface area contributed by atoms with Crippen molar-refractivity contribution in [3.8, 4) is 0 Å². The summed E-state index contributed by atoms with van der Waals surface area (Å²) in [7, 11) is -0.313. The fraction of sp³-hybridized carbons (Fsp3) is 0.222. The van der Waals surface area contributed by atoms with Gasteiger partial charge in [-0.3, -0.25) is 0 Å². The van der Waals surface area contributed by atoms with E-state index >= 15 is 0 Å². The van der Waals surface area contributed by atoms with Crippen LogP contribution >= 0.6 is 0 Å². The lowest BCUT2D eigenvalue weighted by molar-refractivity contribution is 0.476. The molecule has 0 aliphatic carbocycles. The van der Waals surface area contributed by atoms with Gasteiger partial charge in [0.1, 0.15) is 0 Å². The van der Waals surface area contributed by atoms with Crippen LogP contribution in [0.4, 0.5) is 0 Å². The minimum Gasteiger partial charge on any atom is -0.195 e. The predicted octanol–water partition coefficient (Wildman–Crippen LogP) is 2.93. The zero-order valence-corrected chi connectivity index (χ0v) is 14.0. The molecule has 0 saturated carbocycles. The third kappa shape index (κ3) is 3.22. The summed E-state index contributed by atoms with van der Waals surface area (Å²) in [6.07, 6.45) is 3.94. The molecule has 1 saturated heterocycles. The Hall–Kier alpha value is -1.95. The van der Waals surface area contributed by atoms with Gasteiger partial charge in [0.25, 0.3) is 10.2 Å². The minimum atomic E-state index is -3.44. The van der Waals surface area contributed by atoms with Gasteiger partial charge in [0.2, 0.25) is 0 Å². The lowest BCUT2D eigenvalue weighted by atomic mass is 10.1. The average Bonchev–Trinajstić information content (AvgIpc) is 3.30. The first-order chi connectivity index (χ1) is 11.0. The maximum absolute atomic E-state index is 12.5. The lowest BCUT2D eigenvalue weighted by Crippen LogP contribution is -2.29. The summed E-state index contributed by atoms with van der Waals surface area (Å²) in [5.41, 5.74) is 2.08. The SMILES string of the molecule is CN(C)S(=O)(=O)N1C(/C=C/c2ccccc2)C1c1ccccc1. The summed E-state index contributed by atoms with van der Waals surface area (Å²) in [6.45, 7) is 0. The molecule has 3 rings (SSSR count). The quantitative estimate of drug-likeness (QED) is 0.792. The summed E-state index contributed by atoms with van der Waals surface area (Å²) < 4.78 is 27.8. The number of rotatable bonds is 5. The molecule has 5 heteroatoms. The fourth-order valence-corrected chi connectivity index (χ4v) is 4.02. The van der Waals surface area contributed by atoms with Crippen LogP contribution in [0, 0.1) is 0 Å². The van der Waals surface area contributed by atoms with Crippen molar-refractivity contribution in [3.05, 3.63) is 77.9 Å². The van der Waals surface area contributed by atoms with Gasteiger partial charge in [0.15, 0.2) is 0 Å². The maximum Gasteiger partial charge on any atom is 0.282 e. The van der Waals surface area contributed by atoms with Crippen molar-refractivity contribution >= 4 is 16.3 Å². The van der Waals surface area contributed by atoms with E-state index in [1.807, 2.05) is 72.8 Å². The van der Waals surface area contributed by atoms with Gasteiger partial charge >= 0.3 is 0 Å². The van der Waals surface area contributed by atoms with Gasteiger partial charge < -0.3 is 0 Å². The van der Waals surface area contributed by atoms with Gasteiger partial charge in [-0.25, -0.2) is 0 Å². The van der Waals surface area contributed by atoms with E-state index in [1.165, 1.54) is 4.31 Å². The van der Waals surface area contributed by atoms with Crippen LogP contribution in [0.15, 0.2) is 66.7 Å². The monoisotopic (exact) mass is 328 g/mol. The highest BCUT2D eigenvalue weighted by atomic mass is 32.2. The summed E-state index contributed by atoms with van der Waals surface area (Å²) >= 11 is 0. The minimum absolute atomic E-state index is 0.136. The number of benzene rings is 2. The Morgan fingerprint density at radius 2 is 1.52 bits per heavy atom. The van der Waals surface area contributed by atoms with Crippen LogP contribution in [0.1, 0.15) is 17.2 Å². The molecule has 3 atom stereocenters. The highest BCUT2D eigenvalue weighted by Gasteiger charge is 2.55. The topological polar surface area (TPSA) is 40.4 Å². The lowest BCUT2D eigenvalue weighted by Gasteiger charge is -2.12. The summed E-state index contributed by atoms with van der Waals surface area (Å²) in [5.74, 6) is 0. The van der Waals surface area contributed by atoms with E-state index in [0.29, 0.717) is 0 Å². The molecule has 0 radical (unpaired) electrons. The van der Waals surface area contributed by atoms with Crippen molar-refractivity contribution in [2.75, 3.05) is 14.1 Å². The van der Waals surface area contributed by atoms with Crippen LogP contribution in [-0.4, -0.2) is 37.2 Å². The first-order valence-corrected chi connectivity index (χ1v) is 8.90. The summed E-state index contributed by atoms with van der Waals surface area (Å²) in [4.78, 5) is 0. The van der Waals surface area contributed by atoms with Crippen molar-refractivity contribution in [2.24, 2.45) is 0 Å². The molecule has 1 heterocycles. The Kier molecular flexibility index (Phi) is 4.35. The second kappa shape index (κ2) is 6.28. The van der Waals surface area contributed by atoms with Crippen LogP contribution in [-0.2, 0) is 10.2 Å². The molecule has 0 amide bonds. The first-order valence-electron chi connectivity index (χ1n) is 7.51. The van der Waals surface area contributed by atoms with Crippen molar-refractivity contribution in [1.82, 2.24) is 8.61 Å². The zero-order valence-electron chi connectivity index (χ0n) is 13.2. The summed E-state index contributed by atoms with van der Waals surface area (Å²) in [6, 6.07) is 19.4. The van der Waals surface area contributed by atoms with Crippen molar-refractivity contribution < 1.29 is 8.42 Å². The van der Waals surface area contributed by atoms with Gasteiger partial charge in [-0.15, -0.1) is 0 Å². The molecule has 1 aliphatic rings. The van der Waals surface area contributed by atoms with Crippen LogP contribution < -0.4 is 0 Å². The number of nitrogens with zero attached hydrogens (tertiary/aromatic N) is 2. The van der Waals surface area contributed by atoms with Crippen molar-refractivity contribution in [3.63, 3.8) is 0 Å². The van der Waals surface area contributed by atoms with Gasteiger partial charge in [-0.05, 0) is 11.1 Å². The summed E-state index contributed by atoms with van der Waals surface area (Å²) in [5, 5.41) is 0. The van der Waals surface area contributed by atoms with Crippen LogP contribution in [0.25, 0.3) is 6.08 Å². The second-order valence-electron chi connectivity index (χ2n) is 5.74. The fourth-order valence-electron chi connectivity index (χ4n) is 2.67. The molecule has 120 valence electrons. The molecular formula is C18H20N2O2S. The van der Waals surface area contributed by atoms with Crippen LogP contribution in [0.5, 0.6) is 0 Å². The Morgan fingerprint density at radius 3 is 2.09 bits per heavy atom. The predicted molar refractivity (Wildman–Crippen MR) is 92.9 cm³/mol. The van der Waals surface area contributed by atoms with Crippen LogP contribution in [0.3, 0.4) is 0 Å². The number of hydrogen-bond acceptors (Lipinski definition) is 2. The molecule has 1 aliphatic heterocycles. The standard InChI is InChI=1S/C18H20N2O2S/c1-19(2)23(21,22)20-17(14-13-15-9-5-3-6-10-15)18(20)16-11-7-4-8-12-16/h3-14,17-18H,1-2H3/b14-13+. The van der Waals surface area contributed by atoms with Gasteiger partial charge in [0, 0.05) is 14.1 Å². The van der Waals surface area contributed by atoms with Crippen molar-refractivity contribution in [1.29, 1.82) is 0 Å². The Morgan fingerprint density at radius 1 is 0.957 bits per heavy atom. The maximum atomic E-state index is 12.5. The smallest absolute Gasteiger partial charge is 0.195 e. The highest BCUT2D eigenvalue weighted by Crippen LogP contribution is 2.47. The molecule has 23 heavy (non-hydrogen) atoms. The van der Waals surface area contributed by atoms with E-state index in [9.17, 15) is 8.42 Å². The molecule has 1 fully saturated rings. The highest BCUT2D eigenvalue weighted by molar-refractivity contribution is 7.87. The van der Waals surface area contributed by atoms with Gasteiger partial charge in [0.05, 0.1) is 12.1 Å². The zero-order chi connectivity index (χ0) is 16.4. The third-order valence-corrected chi connectivity index (χ3v) is 5.88. The Balaban J connectivity index is 1.89. The Labute approximate surface area is 137 Å². The van der Waals surface area contributed by atoms with Crippen LogP contribution in [0.2, 0.25) is 0 Å². The number of hydrogen-bond donors (Lipinski definition) is 0. The van der Waals surface area contributed by atoms with E-state index in [1.54, 1.807) is 18.4 Å². The van der Waals surface area contributed by atoms with Gasteiger partial charge in [-0.2, -0.15) is 17.0 Å². The second-order valence-corrected chi connectivity index (χ2v) is 7.78. The van der Waals surface area contributed by atoms with E-state index in [0.717, 1.165) is 11.1 Å². The molecule has 0 N–H and O–H groups in total. The van der Waals surface area contributed by atoms with Crippen molar-refractivity contribution in [2.45, 2.75) is 12.1 Å². The molecule has 4 nitrogen and oxygen atoms in total. The molecule has 0 spiro atoms. The molecule has 3 unspecified atom stereocenters. The molecule has 2 aromatic rings. The third-order valence-electron chi connectivity index (χ3n) is 3.96. The first kappa shape index (κ1) is 15.9. The largest absolute Gasteiger partial charge is 0.282 e. The van der Waals surface area contributed by atoms with E-state index < -0.39 is 10.2 Å². The molecular weight excluding hydrogens is 308 g/mol. The van der Waals surface area contributed by atoms with E-state index in [2.05, 4.69) is 0 Å². The van der Waals surface area contributed by atoms with Gasteiger partial charge in [-0.1, -0.05) is 72.8 Å². The molecule has 0 bridgehead atoms. The Bertz CT molecular complexity index is 786. The molecule has 0 aromatic heterocycles. The average molecular weight is 328 g/mol.